The molecule has 1 aliphatic rings. The Morgan fingerprint density at radius 3 is 2.05 bits per heavy atom. The van der Waals surface area contributed by atoms with Gasteiger partial charge in [-0.15, -0.1) is 0 Å². The van der Waals surface area contributed by atoms with Crippen molar-refractivity contribution in [2.24, 2.45) is 0 Å². The maximum Gasteiger partial charge on any atom is 0.119 e. The van der Waals surface area contributed by atoms with Gasteiger partial charge in [-0.25, -0.2) is 0 Å². The van der Waals surface area contributed by atoms with Crippen LogP contribution in [0.2, 0.25) is 0 Å². The van der Waals surface area contributed by atoms with Gasteiger partial charge in [0.05, 0.1) is 0 Å². The molecule has 0 aromatic heterocycles. The van der Waals surface area contributed by atoms with E-state index in [1.165, 1.54) is 11.1 Å². The van der Waals surface area contributed by atoms with Crippen molar-refractivity contribution < 1.29 is 17.1 Å². The Bertz CT molecular complexity index is 506. The van der Waals surface area contributed by atoms with Crippen LogP contribution in [0, 0.1) is 0 Å². The maximum atomic E-state index is 6.01. The largest absolute Gasteiger partial charge is 1.00 e. The van der Waals surface area contributed by atoms with E-state index in [0.717, 1.165) is 31.7 Å². The lowest BCUT2D eigenvalue weighted by Gasteiger charge is -2.23. The molecule has 0 saturated carbocycles. The third kappa shape index (κ3) is 3.75. The van der Waals surface area contributed by atoms with E-state index in [2.05, 4.69) is 53.8 Å². The van der Waals surface area contributed by atoms with Crippen LogP contribution in [0.1, 0.15) is 12.8 Å². The highest BCUT2D eigenvalue weighted by molar-refractivity contribution is 5.63. The zero-order chi connectivity index (χ0) is 12.9. The molecule has 0 spiro atoms. The van der Waals surface area contributed by atoms with Gasteiger partial charge in [-0.05, 0) is 49.2 Å². The van der Waals surface area contributed by atoms with Crippen molar-refractivity contribution in [3.8, 4) is 16.9 Å². The molecule has 0 amide bonds. The molecule has 0 atom stereocenters. The molecule has 0 aliphatic carbocycles. The quantitative estimate of drug-likeness (QED) is 0.888. The van der Waals surface area contributed by atoms with Crippen molar-refractivity contribution in [3.05, 3.63) is 54.6 Å². The van der Waals surface area contributed by atoms with Gasteiger partial charge in [0.2, 0.25) is 0 Å². The van der Waals surface area contributed by atoms with Gasteiger partial charge in [-0.2, -0.15) is 0 Å². The minimum atomic E-state index is 0. The number of nitrogens with one attached hydrogen (secondary N) is 1. The number of hydrogen-bond acceptors (Lipinski definition) is 2. The van der Waals surface area contributed by atoms with Crippen LogP contribution in [0.25, 0.3) is 11.1 Å². The van der Waals surface area contributed by atoms with Crippen LogP contribution in [0.3, 0.4) is 0 Å². The molecule has 3 heteroatoms. The van der Waals surface area contributed by atoms with Crippen molar-refractivity contribution in [1.29, 1.82) is 0 Å². The van der Waals surface area contributed by atoms with E-state index in [9.17, 15) is 0 Å². The molecule has 106 valence electrons. The van der Waals surface area contributed by atoms with Crippen LogP contribution in [-0.2, 0) is 0 Å². The Balaban J connectivity index is 0.00000147. The van der Waals surface area contributed by atoms with Gasteiger partial charge in [0.15, 0.2) is 0 Å². The summed E-state index contributed by atoms with van der Waals surface area (Å²) in [6, 6.07) is 18.8. The number of halogens is 1. The highest BCUT2D eigenvalue weighted by atomic mass is 35.5. The first kappa shape index (κ1) is 14.9. The van der Waals surface area contributed by atoms with E-state index >= 15 is 0 Å². The topological polar surface area (TPSA) is 21.3 Å². The summed E-state index contributed by atoms with van der Waals surface area (Å²) in [4.78, 5) is 0. The second kappa shape index (κ2) is 7.32. The number of rotatable bonds is 3. The molecule has 2 nitrogen and oxygen atoms in total. The fourth-order valence-electron chi connectivity index (χ4n) is 2.46. The van der Waals surface area contributed by atoms with Crippen LogP contribution in [0.4, 0.5) is 0 Å². The number of benzene rings is 2. The molecule has 1 fully saturated rings. The average Bonchev–Trinajstić information content (AvgIpc) is 2.50. The van der Waals surface area contributed by atoms with Crippen molar-refractivity contribution >= 4 is 0 Å². The van der Waals surface area contributed by atoms with Crippen LogP contribution < -0.4 is 22.5 Å². The normalized spacial score (nSPS) is 15.4. The molecule has 0 bridgehead atoms. The zero-order valence-corrected chi connectivity index (χ0v) is 12.1. The second-order valence-corrected chi connectivity index (χ2v) is 4.96. The number of hydrogen-bond donors (Lipinski definition) is 1. The van der Waals surface area contributed by atoms with Gasteiger partial charge in [0.25, 0.3) is 0 Å². The number of ether oxygens (including phenoxy) is 1. The smallest absolute Gasteiger partial charge is 0.119 e. The Morgan fingerprint density at radius 1 is 0.800 bits per heavy atom. The van der Waals surface area contributed by atoms with E-state index in [4.69, 9.17) is 4.74 Å². The molecule has 0 unspecified atom stereocenters. The lowest BCUT2D eigenvalue weighted by atomic mass is 10.1. The van der Waals surface area contributed by atoms with E-state index in [0.29, 0.717) is 6.10 Å². The third-order valence-corrected chi connectivity index (χ3v) is 3.55. The summed E-state index contributed by atoms with van der Waals surface area (Å²) in [6.07, 6.45) is 2.56. The third-order valence-electron chi connectivity index (χ3n) is 3.55. The molecule has 2 aromatic rings. The van der Waals surface area contributed by atoms with Gasteiger partial charge >= 0.3 is 0 Å². The first-order valence-corrected chi connectivity index (χ1v) is 6.95. The minimum Gasteiger partial charge on any atom is -1.00 e. The van der Waals surface area contributed by atoms with Crippen molar-refractivity contribution in [2.45, 2.75) is 18.9 Å². The minimum absolute atomic E-state index is 0. The molecule has 3 rings (SSSR count). The predicted octanol–water partition coefficient (Wildman–Crippen LogP) is 0.488. The molecule has 20 heavy (non-hydrogen) atoms. The Morgan fingerprint density at radius 2 is 1.40 bits per heavy atom. The summed E-state index contributed by atoms with van der Waals surface area (Å²) < 4.78 is 6.01. The van der Waals surface area contributed by atoms with E-state index in [-0.39, 0.29) is 12.4 Å². The summed E-state index contributed by atoms with van der Waals surface area (Å²) in [5, 5.41) is 3.35. The lowest BCUT2D eigenvalue weighted by Crippen LogP contribution is -3.00. The second-order valence-electron chi connectivity index (χ2n) is 4.96. The zero-order valence-electron chi connectivity index (χ0n) is 11.4. The molecular weight excluding hydrogens is 270 g/mol. The average molecular weight is 289 g/mol. The first-order valence-electron chi connectivity index (χ1n) is 6.95. The van der Waals surface area contributed by atoms with Crippen LogP contribution in [0.5, 0.6) is 5.75 Å². The molecule has 1 heterocycles. The van der Waals surface area contributed by atoms with Gasteiger partial charge in [0, 0.05) is 0 Å². The standard InChI is InChI=1S/C17H19NO.ClH/c1-2-4-14(5-3-1)15-6-8-16(9-7-15)19-17-10-12-18-13-11-17;/h1-9,17-18H,10-13H2;1H/p-1. The van der Waals surface area contributed by atoms with E-state index in [1.54, 1.807) is 0 Å². The van der Waals surface area contributed by atoms with Crippen molar-refractivity contribution in [3.63, 3.8) is 0 Å². The van der Waals surface area contributed by atoms with Crippen LogP contribution in [-0.4, -0.2) is 19.2 Å². The summed E-state index contributed by atoms with van der Waals surface area (Å²) in [7, 11) is 0. The fraction of sp³-hybridized carbons (Fsp3) is 0.294. The SMILES string of the molecule is [Cl-].c1ccc(-c2ccc(OC3CCNCC3)cc2)cc1. The highest BCUT2D eigenvalue weighted by Gasteiger charge is 2.14. The molecule has 2 aromatic carbocycles. The molecule has 1 aliphatic heterocycles. The summed E-state index contributed by atoms with van der Waals surface area (Å²) in [5.74, 6) is 0.978. The summed E-state index contributed by atoms with van der Waals surface area (Å²) >= 11 is 0. The van der Waals surface area contributed by atoms with Crippen LogP contribution in [0.15, 0.2) is 54.6 Å². The summed E-state index contributed by atoms with van der Waals surface area (Å²) in [5.41, 5.74) is 2.48. The van der Waals surface area contributed by atoms with Crippen LogP contribution >= 0.6 is 0 Å². The lowest BCUT2D eigenvalue weighted by molar-refractivity contribution is -0.00000505. The van der Waals surface area contributed by atoms with Crippen molar-refractivity contribution in [1.82, 2.24) is 5.32 Å². The van der Waals surface area contributed by atoms with E-state index < -0.39 is 0 Å². The molecule has 1 N–H and O–H groups in total. The maximum absolute atomic E-state index is 6.01. The first-order chi connectivity index (χ1) is 9.42. The Labute approximate surface area is 126 Å². The Hall–Kier alpha value is -1.51. The number of piperidine rings is 1. The monoisotopic (exact) mass is 288 g/mol. The van der Waals surface area contributed by atoms with E-state index in [1.807, 2.05) is 6.07 Å². The molecular formula is C17H19ClNO-. The predicted molar refractivity (Wildman–Crippen MR) is 78.4 cm³/mol. The summed E-state index contributed by atoms with van der Waals surface area (Å²) in [6.45, 7) is 2.12. The fourth-order valence-corrected chi connectivity index (χ4v) is 2.46. The van der Waals surface area contributed by atoms with Gasteiger partial charge in [-0.3, -0.25) is 0 Å². The van der Waals surface area contributed by atoms with Crippen molar-refractivity contribution in [2.75, 3.05) is 13.1 Å². The Kier molecular flexibility index (Phi) is 5.45. The molecule has 1 saturated heterocycles. The molecule has 0 radical (unpaired) electrons. The highest BCUT2D eigenvalue weighted by Crippen LogP contribution is 2.23. The van der Waals surface area contributed by atoms with Gasteiger partial charge in [0.1, 0.15) is 11.9 Å². The van der Waals surface area contributed by atoms with Gasteiger partial charge in [-0.1, -0.05) is 42.5 Å². The van der Waals surface area contributed by atoms with Gasteiger partial charge < -0.3 is 22.5 Å².